The summed E-state index contributed by atoms with van der Waals surface area (Å²) < 4.78 is 10.9. The largest absolute Gasteiger partial charge is 0.497 e. The van der Waals surface area contributed by atoms with Crippen LogP contribution in [0.1, 0.15) is 157 Å². The first-order chi connectivity index (χ1) is 39.6. The Hall–Kier alpha value is -6.25. The number of Topliss-reactive ketones (excluding diaryl/α,β-unsaturated/α-hetero) is 3. The van der Waals surface area contributed by atoms with Gasteiger partial charge in [0.2, 0.25) is 35.4 Å². The Balaban J connectivity index is 0.000000430. The first-order valence-corrected chi connectivity index (χ1v) is 30.0. The van der Waals surface area contributed by atoms with E-state index < -0.39 is 71.0 Å². The first-order valence-electron chi connectivity index (χ1n) is 30.0. The van der Waals surface area contributed by atoms with E-state index in [-0.39, 0.29) is 83.4 Å². The highest BCUT2D eigenvalue weighted by Crippen LogP contribution is 2.40. The highest BCUT2D eigenvalue weighted by Gasteiger charge is 2.43. The molecule has 20 nitrogen and oxygen atoms in total. The number of carbonyl (C=O) groups excluding carboxylic acids is 9. The lowest BCUT2D eigenvalue weighted by atomic mass is 9.70. The van der Waals surface area contributed by atoms with Crippen molar-refractivity contribution in [3.8, 4) is 11.5 Å². The molecule has 9 atom stereocenters. The van der Waals surface area contributed by atoms with Crippen LogP contribution in [0.5, 0.6) is 11.5 Å². The average molecular weight is 1180 g/mol. The van der Waals surface area contributed by atoms with Gasteiger partial charge in [-0.3, -0.25) is 58.8 Å². The Morgan fingerprint density at radius 1 is 0.631 bits per heavy atom. The first kappa shape index (κ1) is 73.9. The zero-order valence-electron chi connectivity index (χ0n) is 52.6. The van der Waals surface area contributed by atoms with Gasteiger partial charge in [-0.05, 0) is 122 Å². The number of nitrogens with one attached hydrogen (secondary N) is 6. The SMILES string of the molecule is CNC(=O)[C@@H](CC(=O)[C@H](CC(C)C)[C@@H](C(=O)NO)C1CCCC1)C(C)(C)C.CNC(=O)[C@@H](CC(=O)[C@H](CC(C)C)[C@H](C)C(=O)NO)Cc1ccc(OC)cc1.CNC(=O)[C@H]1CC(=O)[C@H](CC(C)C)[C@@H](C(=O)NO)CCCOc2ccc(cc2)C1. The number of ether oxygens (including phenoxy) is 2. The molecule has 0 spiro atoms. The highest BCUT2D eigenvalue weighted by molar-refractivity contribution is 5.94. The molecule has 3 aliphatic rings. The summed E-state index contributed by atoms with van der Waals surface area (Å²) in [6.45, 7) is 19.9. The molecule has 2 bridgehead atoms. The van der Waals surface area contributed by atoms with Crippen LogP contribution in [-0.4, -0.2) is 103 Å². The molecule has 1 saturated carbocycles. The number of amides is 6. The predicted octanol–water partition coefficient (Wildman–Crippen LogP) is 8.20. The number of hydrogen-bond donors (Lipinski definition) is 9. The van der Waals surface area contributed by atoms with Crippen LogP contribution in [0.15, 0.2) is 48.5 Å². The zero-order valence-corrected chi connectivity index (χ0v) is 52.6. The number of hydroxylamine groups is 3. The normalized spacial score (nSPS) is 18.8. The van der Waals surface area contributed by atoms with Gasteiger partial charge >= 0.3 is 0 Å². The van der Waals surface area contributed by atoms with Crippen LogP contribution in [0, 0.1) is 82.3 Å². The van der Waals surface area contributed by atoms with Gasteiger partial charge in [0.15, 0.2) is 0 Å². The molecule has 1 aliphatic carbocycles. The lowest BCUT2D eigenvalue weighted by Gasteiger charge is -2.33. The Labute approximate surface area is 499 Å². The smallest absolute Gasteiger partial charge is 0.247 e. The van der Waals surface area contributed by atoms with Gasteiger partial charge in [0, 0.05) is 87.7 Å². The minimum absolute atomic E-state index is 0.0339. The summed E-state index contributed by atoms with van der Waals surface area (Å²) >= 11 is 0. The summed E-state index contributed by atoms with van der Waals surface area (Å²) in [6, 6.07) is 14.9. The van der Waals surface area contributed by atoms with E-state index in [9.17, 15) is 53.6 Å². The summed E-state index contributed by atoms with van der Waals surface area (Å²) in [6.07, 6.45) is 7.53. The van der Waals surface area contributed by atoms with E-state index in [2.05, 4.69) is 16.0 Å². The summed E-state index contributed by atoms with van der Waals surface area (Å²) in [7, 11) is 6.27. The molecule has 2 aliphatic heterocycles. The molecule has 2 heterocycles. The van der Waals surface area contributed by atoms with E-state index in [1.54, 1.807) is 51.6 Å². The minimum atomic E-state index is -0.675. The van der Waals surface area contributed by atoms with Crippen LogP contribution in [0.2, 0.25) is 0 Å². The van der Waals surface area contributed by atoms with Gasteiger partial charge < -0.3 is 25.4 Å². The van der Waals surface area contributed by atoms with Crippen molar-refractivity contribution in [2.45, 2.75) is 159 Å². The van der Waals surface area contributed by atoms with E-state index in [1.807, 2.05) is 111 Å². The average Bonchev–Trinajstić information content (AvgIpc) is 3.86. The molecule has 0 saturated heterocycles. The van der Waals surface area contributed by atoms with Gasteiger partial charge in [-0.2, -0.15) is 0 Å². The Morgan fingerprint density at radius 2 is 1.19 bits per heavy atom. The van der Waals surface area contributed by atoms with Gasteiger partial charge in [0.25, 0.3) is 0 Å². The molecular formula is C64H102N6O14. The second-order valence-electron chi connectivity index (χ2n) is 25.2. The van der Waals surface area contributed by atoms with Crippen LogP contribution >= 0.6 is 0 Å². The molecule has 20 heteroatoms. The molecular weight excluding hydrogens is 1080 g/mol. The lowest BCUT2D eigenvalue weighted by Crippen LogP contribution is -2.43. The third-order valence-electron chi connectivity index (χ3n) is 16.3. The number of carbonyl (C=O) groups is 9. The second-order valence-corrected chi connectivity index (χ2v) is 25.2. The van der Waals surface area contributed by atoms with Crippen molar-refractivity contribution < 1.29 is 68.2 Å². The molecule has 2 aromatic rings. The van der Waals surface area contributed by atoms with Gasteiger partial charge in [0.05, 0.1) is 19.6 Å². The second kappa shape index (κ2) is 37.2. The molecule has 9 N–H and O–H groups in total. The molecule has 0 unspecified atom stereocenters. The van der Waals surface area contributed by atoms with Gasteiger partial charge in [-0.25, -0.2) is 16.4 Å². The summed E-state index contributed by atoms with van der Waals surface area (Å²) in [5.41, 5.74) is 6.65. The van der Waals surface area contributed by atoms with Crippen LogP contribution < -0.4 is 41.9 Å². The fourth-order valence-electron chi connectivity index (χ4n) is 11.7. The maximum absolute atomic E-state index is 13.3. The molecule has 5 rings (SSSR count). The van der Waals surface area contributed by atoms with Gasteiger partial charge in [-0.15, -0.1) is 0 Å². The molecule has 0 aromatic heterocycles. The topological polar surface area (TPSA) is 305 Å². The monoisotopic (exact) mass is 1180 g/mol. The summed E-state index contributed by atoms with van der Waals surface area (Å²) in [5.74, 6) is -5.28. The summed E-state index contributed by atoms with van der Waals surface area (Å²) in [4.78, 5) is 114. The Morgan fingerprint density at radius 3 is 1.68 bits per heavy atom. The number of methoxy groups -OCH3 is 1. The van der Waals surface area contributed by atoms with Crippen LogP contribution in [0.25, 0.3) is 0 Å². The lowest BCUT2D eigenvalue weighted by molar-refractivity contribution is -0.144. The number of fused-ring (bicyclic) bond motifs is 11. The molecule has 0 radical (unpaired) electrons. The highest BCUT2D eigenvalue weighted by atomic mass is 16.5. The third kappa shape index (κ3) is 24.4. The summed E-state index contributed by atoms with van der Waals surface area (Å²) in [5, 5.41) is 35.4. The molecule has 84 heavy (non-hydrogen) atoms. The number of benzene rings is 2. The standard InChI is InChI=1S/C22H32N2O5.C21H32N2O5.C21H38N2O4/c1-14(2)11-19-18(22(27)24-28)5-4-10-29-17-8-6-15(7-9-17)12-16(13-20(19)25)21(26)23-3;1-13(2)10-18(14(3)20(25)23-27)19(24)12-16(21(26)22-4)11-15-6-8-17(28-5)9-7-15;1-13(2)11-15(18(20(26)23-27)14-9-7-8-10-14)17(24)12-16(19(25)22-6)21(3,4)5/h6-9,14,16,18-19,28H,4-5,10-13H2,1-3H3,(H,23,26)(H,24,27);6-9,13-14,16,18,27H,10-12H2,1-5H3,(H,22,26)(H,23,25);13-16,18,27H,7-12H2,1-6H3,(H,22,25)(H,23,26)/t16-,18+,19-;14-,16+,18+;15-,16+,18-/m100/s1. The minimum Gasteiger partial charge on any atom is -0.497 e. The van der Waals surface area contributed by atoms with E-state index in [0.29, 0.717) is 51.6 Å². The van der Waals surface area contributed by atoms with E-state index in [0.717, 1.165) is 48.3 Å². The maximum atomic E-state index is 13.3. The number of rotatable bonds is 24. The molecule has 6 amide bonds. The zero-order chi connectivity index (χ0) is 63.4. The quantitative estimate of drug-likeness (QED) is 0.0354. The van der Waals surface area contributed by atoms with E-state index >= 15 is 0 Å². The van der Waals surface area contributed by atoms with Gasteiger partial charge in [-0.1, -0.05) is 106 Å². The fraction of sp³-hybridized carbons (Fsp3) is 0.672. The van der Waals surface area contributed by atoms with Crippen LogP contribution in [0.4, 0.5) is 0 Å². The number of hydrogen-bond acceptors (Lipinski definition) is 14. The van der Waals surface area contributed by atoms with Crippen LogP contribution in [0.3, 0.4) is 0 Å². The fourth-order valence-corrected chi connectivity index (χ4v) is 11.7. The number of ketones is 3. The van der Waals surface area contributed by atoms with Crippen molar-refractivity contribution in [1.82, 2.24) is 32.4 Å². The third-order valence-corrected chi connectivity index (χ3v) is 16.3. The van der Waals surface area contributed by atoms with Crippen molar-refractivity contribution in [3.63, 3.8) is 0 Å². The van der Waals surface area contributed by atoms with Crippen molar-refractivity contribution in [3.05, 3.63) is 59.7 Å². The maximum Gasteiger partial charge on any atom is 0.247 e. The Kier molecular flexibility index (Phi) is 32.7. The van der Waals surface area contributed by atoms with Crippen molar-refractivity contribution in [2.24, 2.45) is 82.3 Å². The van der Waals surface area contributed by atoms with Gasteiger partial charge in [0.1, 0.15) is 28.8 Å². The Bertz CT molecular complexity index is 2400. The van der Waals surface area contributed by atoms with Crippen molar-refractivity contribution >= 4 is 52.8 Å². The van der Waals surface area contributed by atoms with Crippen molar-refractivity contribution in [1.29, 1.82) is 0 Å². The predicted molar refractivity (Wildman–Crippen MR) is 319 cm³/mol. The van der Waals surface area contributed by atoms with E-state index in [4.69, 9.17) is 14.7 Å². The van der Waals surface area contributed by atoms with Crippen LogP contribution in [-0.2, 0) is 56.0 Å². The van der Waals surface area contributed by atoms with E-state index in [1.165, 1.54) is 0 Å². The molecule has 472 valence electrons. The molecule has 1 fully saturated rings. The molecule has 2 aromatic carbocycles. The van der Waals surface area contributed by atoms with Crippen molar-refractivity contribution in [2.75, 3.05) is 34.9 Å².